The van der Waals surface area contributed by atoms with E-state index in [0.717, 1.165) is 0 Å². The molecule has 0 aliphatic heterocycles. The Labute approximate surface area is 368 Å². The molecule has 1 N–H and O–H groups in total. The molecule has 0 unspecified atom stereocenters. The van der Waals surface area contributed by atoms with Gasteiger partial charge in [-0.25, -0.2) is 50.5 Å². The molecule has 360 valence electrons. The minimum atomic E-state index is -6.09. The Kier molecular flexibility index (Phi) is 35.1. The van der Waals surface area contributed by atoms with Gasteiger partial charge in [-0.15, -0.1) is 0 Å². The third-order valence-electron chi connectivity index (χ3n) is 1.99. The first-order chi connectivity index (χ1) is 22.8. The van der Waals surface area contributed by atoms with Crippen molar-refractivity contribution in [2.45, 2.75) is 38.6 Å². The summed E-state index contributed by atoms with van der Waals surface area (Å²) < 4.78 is 411. The van der Waals surface area contributed by atoms with Gasteiger partial charge in [0.15, 0.2) is 60.7 Å². The monoisotopic (exact) mass is 1360 g/mol. The van der Waals surface area contributed by atoms with Crippen LogP contribution in [0.15, 0.2) is 0 Å². The predicted molar refractivity (Wildman–Crippen MR) is 112 cm³/mol. The maximum absolute atomic E-state index is 10.7. The van der Waals surface area contributed by atoms with Crippen LogP contribution in [0.25, 0.3) is 0 Å². The molecule has 2 radical (unpaired) electrons. The van der Waals surface area contributed by atoms with Gasteiger partial charge in [0.05, 0.1) is 0 Å². The van der Waals surface area contributed by atoms with Gasteiger partial charge in [-0.3, -0.25) is 4.55 Å². The van der Waals surface area contributed by atoms with Crippen LogP contribution in [0, 0.1) is 79.9 Å². The zero-order chi connectivity index (χ0) is 49.0. The van der Waals surface area contributed by atoms with Crippen LogP contribution in [0.1, 0.15) is 0 Å². The van der Waals surface area contributed by atoms with Gasteiger partial charge in [0, 0.05) is 0 Å². The summed E-state index contributed by atoms with van der Waals surface area (Å²) in [5.41, 5.74) is -39.4. The SMILES string of the molecule is O=S(=O)(O)C(F)(F)F.O=S(=O)([O-])C(F)(F)F.O=S(=O)([O-])C(F)(F)F.O=S(=O)([O-])C(F)(F)F.O=S(=O)([O-])C(F)(F)F.O=S(=O)([O-])C(F)(F)F.O=S(=O)([O-])C(F)(F)F.[Gd+3].[Gd+3]. The number of hydrogen-bond acceptors (Lipinski definition) is 20. The van der Waals surface area contributed by atoms with E-state index in [1.54, 1.807) is 0 Å². The van der Waals surface area contributed by atoms with Gasteiger partial charge in [0.25, 0.3) is 0 Å². The molecule has 0 aromatic carbocycles. The van der Waals surface area contributed by atoms with Crippen molar-refractivity contribution in [1.82, 2.24) is 0 Å². The molecule has 0 aromatic heterocycles. The van der Waals surface area contributed by atoms with Crippen molar-refractivity contribution in [3.8, 4) is 0 Å². The van der Waals surface area contributed by atoms with Gasteiger partial charge in [-0.1, -0.05) is 0 Å². The predicted octanol–water partition coefficient (Wildman–Crippen LogP) is 0.702. The van der Waals surface area contributed by atoms with Crippen LogP contribution in [0.3, 0.4) is 0 Å². The van der Waals surface area contributed by atoms with Gasteiger partial charge in [0.2, 0.25) is 0 Å². The molecule has 58 heavy (non-hydrogen) atoms. The second kappa shape index (κ2) is 25.7. The maximum atomic E-state index is 10.7. The molecule has 51 heteroatoms. The van der Waals surface area contributed by atoms with Gasteiger partial charge in [0.1, 0.15) is 0 Å². The van der Waals surface area contributed by atoms with Crippen molar-refractivity contribution in [2.24, 2.45) is 0 Å². The van der Waals surface area contributed by atoms with Crippen LogP contribution in [0.4, 0.5) is 92.2 Å². The van der Waals surface area contributed by atoms with Crippen LogP contribution in [0.2, 0.25) is 0 Å². The van der Waals surface area contributed by atoms with Crippen molar-refractivity contribution in [3.05, 3.63) is 0 Å². The van der Waals surface area contributed by atoms with Crippen LogP contribution in [-0.4, -0.2) is 129 Å². The van der Waals surface area contributed by atoms with E-state index in [1.807, 2.05) is 0 Å². The zero-order valence-corrected chi connectivity index (χ0v) is 33.9. The number of hydrogen-bond donors (Lipinski definition) is 1. The summed E-state index contributed by atoms with van der Waals surface area (Å²) in [7, 11) is -42.4. The van der Waals surface area contributed by atoms with E-state index in [2.05, 4.69) is 0 Å². The summed E-state index contributed by atoms with van der Waals surface area (Å²) >= 11 is 0. The Bertz CT molecular complexity index is 1570. The fraction of sp³-hybridized carbons (Fsp3) is 1.00. The first-order valence-corrected chi connectivity index (χ1v) is 18.8. The van der Waals surface area contributed by atoms with E-state index < -0.39 is 109 Å². The average Bonchev–Trinajstić information content (AvgIpc) is 2.72. The Morgan fingerprint density at radius 1 is 0.241 bits per heavy atom. The summed E-state index contributed by atoms with van der Waals surface area (Å²) in [6, 6.07) is 0. The van der Waals surface area contributed by atoms with E-state index in [0.29, 0.717) is 0 Å². The standard InChI is InChI=1S/7CHF3O3S.2Gd/c7*2-1(3,4)8(5,6)7;;/h7*(H,5,6,7);;/q;;;;;;;2*+3/p-6. The first-order valence-electron chi connectivity index (χ1n) is 8.91. The molecule has 0 atom stereocenters. The molecule has 0 bridgehead atoms. The van der Waals surface area contributed by atoms with Crippen LogP contribution in [-0.2, 0) is 70.8 Å². The van der Waals surface area contributed by atoms with E-state index in [4.69, 9.17) is 90.8 Å². The molecule has 0 aliphatic rings. The molecule has 0 heterocycles. The summed E-state index contributed by atoms with van der Waals surface area (Å²) in [6.45, 7) is 0. The zero-order valence-electron chi connectivity index (χ0n) is 23.6. The number of halogens is 21. The largest absolute Gasteiger partial charge is 3.00 e. The molecule has 0 aliphatic carbocycles. The third kappa shape index (κ3) is 43.2. The molecule has 0 saturated carbocycles. The fourth-order valence-electron chi connectivity index (χ4n) is 0. The van der Waals surface area contributed by atoms with E-state index in [1.165, 1.54) is 0 Å². The molecular weight excluding hydrogens is 1360 g/mol. The Balaban J connectivity index is -0.0000000686. The van der Waals surface area contributed by atoms with Crippen LogP contribution in [0.5, 0.6) is 0 Å². The van der Waals surface area contributed by atoms with Gasteiger partial charge < -0.3 is 27.3 Å². The van der Waals surface area contributed by atoms with E-state index >= 15 is 0 Å². The van der Waals surface area contributed by atoms with Crippen molar-refractivity contribution < 1.29 is 263 Å². The number of alkyl halides is 21. The first kappa shape index (κ1) is 79.0. The second-order valence-electron chi connectivity index (χ2n) is 6.32. The minimum absolute atomic E-state index is 0. The quantitative estimate of drug-likeness (QED) is 0.198. The summed E-state index contributed by atoms with van der Waals surface area (Å²) in [5, 5.41) is 0. The smallest absolute Gasteiger partial charge is 0.741 e. The van der Waals surface area contributed by atoms with Gasteiger partial charge >= 0.3 is 129 Å². The van der Waals surface area contributed by atoms with Gasteiger partial charge in [-0.2, -0.15) is 101 Å². The minimum Gasteiger partial charge on any atom is -0.741 e. The summed E-state index contributed by atoms with van der Waals surface area (Å²) in [5.74, 6) is 0. The van der Waals surface area contributed by atoms with Crippen molar-refractivity contribution in [1.29, 1.82) is 0 Å². The topological polar surface area (TPSA) is 398 Å². The normalized spacial score (nSPS) is 13.5. The number of rotatable bonds is 0. The molecule has 0 aromatic rings. The van der Waals surface area contributed by atoms with Crippen molar-refractivity contribution in [3.63, 3.8) is 0 Å². The summed E-state index contributed by atoms with van der Waals surface area (Å²) in [6.07, 6.45) is 0. The average molecular weight is 1360 g/mol. The molecule has 0 spiro atoms. The van der Waals surface area contributed by atoms with E-state index in [9.17, 15) is 92.2 Å². The molecule has 0 fully saturated rings. The van der Waals surface area contributed by atoms with Gasteiger partial charge in [-0.05, 0) is 0 Å². The molecule has 21 nitrogen and oxygen atoms in total. The second-order valence-corrected chi connectivity index (χ2v) is 16.0. The Morgan fingerprint density at radius 2 is 0.276 bits per heavy atom. The fourth-order valence-corrected chi connectivity index (χ4v) is 0. The molecule has 0 amide bonds. The summed E-state index contributed by atoms with van der Waals surface area (Å²) in [4.78, 5) is 0. The van der Waals surface area contributed by atoms with Crippen LogP contribution >= 0.6 is 0 Å². The Hall–Kier alpha value is 0.549. The molecular formula is C7HF21Gd2O21S7. The van der Waals surface area contributed by atoms with E-state index in [-0.39, 0.29) is 79.9 Å². The van der Waals surface area contributed by atoms with Crippen molar-refractivity contribution in [2.75, 3.05) is 0 Å². The molecule has 0 saturated heterocycles. The maximum Gasteiger partial charge on any atom is 3.00 e. The van der Waals surface area contributed by atoms with Crippen molar-refractivity contribution >= 4 is 70.8 Å². The molecule has 0 rings (SSSR count). The third-order valence-corrected chi connectivity index (χ3v) is 5.98. The van der Waals surface area contributed by atoms with Crippen LogP contribution < -0.4 is 0 Å². The Morgan fingerprint density at radius 3 is 0.276 bits per heavy atom.